The van der Waals surface area contributed by atoms with Crippen molar-refractivity contribution < 1.29 is 26.3 Å². The molecular weight excluding hydrogens is 361 g/mol. The average molecular weight is 373 g/mol. The summed E-state index contributed by atoms with van der Waals surface area (Å²) in [7, 11) is -3.19. The Labute approximate surface area is 123 Å². The number of hydrogen-bond donors (Lipinski definition) is 0. The molecule has 2 rings (SSSR count). The van der Waals surface area contributed by atoms with E-state index in [0.717, 1.165) is 6.07 Å². The van der Waals surface area contributed by atoms with Crippen molar-refractivity contribution in [2.75, 3.05) is 11.5 Å². The van der Waals surface area contributed by atoms with Gasteiger partial charge < -0.3 is 4.74 Å². The number of halogens is 4. The molecule has 0 amide bonds. The highest BCUT2D eigenvalue weighted by molar-refractivity contribution is 9.08. The number of sulfone groups is 1. The fraction of sp³-hybridized carbons (Fsp3) is 0.500. The summed E-state index contributed by atoms with van der Waals surface area (Å²) >= 11 is 3.10. The Morgan fingerprint density at radius 2 is 2.05 bits per heavy atom. The van der Waals surface area contributed by atoms with Crippen molar-refractivity contribution in [3.8, 4) is 5.75 Å². The summed E-state index contributed by atoms with van der Waals surface area (Å²) in [5, 5.41) is 0.300. The Morgan fingerprint density at radius 3 is 2.55 bits per heavy atom. The third-order valence-corrected chi connectivity index (χ3v) is 5.37. The molecule has 1 aromatic rings. The van der Waals surface area contributed by atoms with Crippen LogP contribution in [-0.4, -0.2) is 26.0 Å². The van der Waals surface area contributed by atoms with Crippen LogP contribution in [0.1, 0.15) is 17.5 Å². The van der Waals surface area contributed by atoms with Crippen LogP contribution in [0, 0.1) is 0 Å². The van der Waals surface area contributed by atoms with Crippen LogP contribution in [0.2, 0.25) is 0 Å². The number of ether oxygens (including phenoxy) is 1. The van der Waals surface area contributed by atoms with Crippen molar-refractivity contribution in [1.82, 2.24) is 0 Å². The molecule has 1 heterocycles. The molecule has 0 saturated carbocycles. The van der Waals surface area contributed by atoms with Gasteiger partial charge in [0.05, 0.1) is 17.1 Å². The van der Waals surface area contributed by atoms with Crippen molar-refractivity contribution in [2.24, 2.45) is 0 Å². The van der Waals surface area contributed by atoms with E-state index >= 15 is 0 Å². The smallest absolute Gasteiger partial charge is 0.419 e. The lowest BCUT2D eigenvalue weighted by Crippen LogP contribution is -2.20. The van der Waals surface area contributed by atoms with E-state index in [-0.39, 0.29) is 23.7 Å². The minimum atomic E-state index is -4.54. The van der Waals surface area contributed by atoms with Gasteiger partial charge in [0.1, 0.15) is 11.9 Å². The van der Waals surface area contributed by atoms with E-state index in [1.807, 2.05) is 0 Å². The van der Waals surface area contributed by atoms with Gasteiger partial charge in [-0.1, -0.05) is 22.0 Å². The molecule has 0 radical (unpaired) electrons. The number of alkyl halides is 4. The standard InChI is InChI=1S/C12H12BrF3O3S/c13-6-8-1-2-11(10(5-8)12(14,15)16)19-9-3-4-20(17,18)7-9/h1-2,5,9H,3-4,6-7H2. The fourth-order valence-electron chi connectivity index (χ4n) is 2.02. The van der Waals surface area contributed by atoms with E-state index in [4.69, 9.17) is 4.74 Å². The molecule has 8 heteroatoms. The van der Waals surface area contributed by atoms with E-state index in [1.54, 1.807) is 0 Å². The Hall–Kier alpha value is -0.760. The summed E-state index contributed by atoms with van der Waals surface area (Å²) in [6, 6.07) is 3.76. The van der Waals surface area contributed by atoms with E-state index < -0.39 is 27.7 Å². The first-order chi connectivity index (χ1) is 9.21. The first-order valence-electron chi connectivity index (χ1n) is 5.84. The molecule has 112 valence electrons. The topological polar surface area (TPSA) is 43.4 Å². The van der Waals surface area contributed by atoms with Gasteiger partial charge in [0, 0.05) is 5.33 Å². The van der Waals surface area contributed by atoms with Crippen LogP contribution in [0.25, 0.3) is 0 Å². The summed E-state index contributed by atoms with van der Waals surface area (Å²) in [6.45, 7) is 0. The molecule has 0 bridgehead atoms. The van der Waals surface area contributed by atoms with Gasteiger partial charge in [0.15, 0.2) is 9.84 Å². The van der Waals surface area contributed by atoms with Gasteiger partial charge in [-0.15, -0.1) is 0 Å². The average Bonchev–Trinajstić information content (AvgIpc) is 2.68. The van der Waals surface area contributed by atoms with Crippen LogP contribution in [0.15, 0.2) is 18.2 Å². The van der Waals surface area contributed by atoms with Crippen LogP contribution in [0.5, 0.6) is 5.75 Å². The number of rotatable bonds is 3. The summed E-state index contributed by atoms with van der Waals surface area (Å²) in [6.07, 6.45) is -5.03. The Balaban J connectivity index is 2.27. The predicted molar refractivity (Wildman–Crippen MR) is 71.8 cm³/mol. The van der Waals surface area contributed by atoms with Crippen molar-refractivity contribution >= 4 is 25.8 Å². The van der Waals surface area contributed by atoms with Crippen LogP contribution in [0.3, 0.4) is 0 Å². The molecule has 0 aromatic heterocycles. The maximum atomic E-state index is 13.0. The largest absolute Gasteiger partial charge is 0.489 e. The lowest BCUT2D eigenvalue weighted by molar-refractivity contribution is -0.139. The zero-order valence-electron chi connectivity index (χ0n) is 10.3. The third-order valence-electron chi connectivity index (χ3n) is 2.99. The number of benzene rings is 1. The van der Waals surface area contributed by atoms with Gasteiger partial charge in [-0.2, -0.15) is 13.2 Å². The van der Waals surface area contributed by atoms with E-state index in [2.05, 4.69) is 15.9 Å². The molecule has 0 N–H and O–H groups in total. The van der Waals surface area contributed by atoms with Crippen molar-refractivity contribution in [2.45, 2.75) is 24.0 Å². The number of hydrogen-bond acceptors (Lipinski definition) is 3. The van der Waals surface area contributed by atoms with Crippen LogP contribution >= 0.6 is 15.9 Å². The zero-order valence-corrected chi connectivity index (χ0v) is 12.7. The van der Waals surface area contributed by atoms with Crippen molar-refractivity contribution in [3.63, 3.8) is 0 Å². The zero-order chi connectivity index (χ0) is 15.0. The molecule has 1 unspecified atom stereocenters. The molecule has 1 fully saturated rings. The predicted octanol–water partition coefficient (Wildman–Crippen LogP) is 3.17. The van der Waals surface area contributed by atoms with Gasteiger partial charge in [-0.25, -0.2) is 8.42 Å². The second-order valence-electron chi connectivity index (χ2n) is 4.60. The molecule has 0 aliphatic carbocycles. The summed E-state index contributed by atoms with van der Waals surface area (Å²) in [5.74, 6) is -0.590. The SMILES string of the molecule is O=S1(=O)CCC(Oc2ccc(CBr)cc2C(F)(F)F)C1. The molecule has 20 heavy (non-hydrogen) atoms. The van der Waals surface area contributed by atoms with Gasteiger partial charge in [-0.3, -0.25) is 0 Å². The van der Waals surface area contributed by atoms with Crippen LogP contribution < -0.4 is 4.74 Å². The maximum absolute atomic E-state index is 13.0. The summed E-state index contributed by atoms with van der Waals surface area (Å²) < 4.78 is 66.8. The molecule has 3 nitrogen and oxygen atoms in total. The highest BCUT2D eigenvalue weighted by Crippen LogP contribution is 2.38. The molecule has 0 spiro atoms. The minimum absolute atomic E-state index is 0.0432. The first kappa shape index (κ1) is 15.6. The maximum Gasteiger partial charge on any atom is 0.419 e. The third kappa shape index (κ3) is 3.66. The first-order valence-corrected chi connectivity index (χ1v) is 8.79. The minimum Gasteiger partial charge on any atom is -0.489 e. The highest BCUT2D eigenvalue weighted by Gasteiger charge is 2.36. The summed E-state index contributed by atoms with van der Waals surface area (Å²) in [4.78, 5) is 0. The molecule has 1 aliphatic heterocycles. The normalized spacial score (nSPS) is 21.9. The molecule has 1 aromatic carbocycles. The second-order valence-corrected chi connectivity index (χ2v) is 7.39. The quantitative estimate of drug-likeness (QED) is 0.765. The highest BCUT2D eigenvalue weighted by atomic mass is 79.9. The van der Waals surface area contributed by atoms with Crippen LogP contribution in [-0.2, 0) is 21.3 Å². The lowest BCUT2D eigenvalue weighted by atomic mass is 10.1. The molecule has 1 atom stereocenters. The van der Waals surface area contributed by atoms with Gasteiger partial charge in [0.25, 0.3) is 0 Å². The van der Waals surface area contributed by atoms with Crippen molar-refractivity contribution in [3.05, 3.63) is 29.3 Å². The molecular formula is C12H12BrF3O3S. The summed E-state index contributed by atoms with van der Waals surface area (Å²) in [5.41, 5.74) is -0.400. The van der Waals surface area contributed by atoms with Gasteiger partial charge in [-0.05, 0) is 24.1 Å². The van der Waals surface area contributed by atoms with E-state index in [0.29, 0.717) is 10.9 Å². The van der Waals surface area contributed by atoms with E-state index in [1.165, 1.54) is 12.1 Å². The lowest BCUT2D eigenvalue weighted by Gasteiger charge is -2.18. The van der Waals surface area contributed by atoms with E-state index in [9.17, 15) is 21.6 Å². The Bertz CT molecular complexity index is 598. The fourth-order valence-corrected chi connectivity index (χ4v) is 3.96. The molecule has 1 saturated heterocycles. The second kappa shape index (κ2) is 5.55. The Morgan fingerprint density at radius 1 is 1.35 bits per heavy atom. The van der Waals surface area contributed by atoms with Crippen molar-refractivity contribution in [1.29, 1.82) is 0 Å². The van der Waals surface area contributed by atoms with Gasteiger partial charge in [0.2, 0.25) is 0 Å². The van der Waals surface area contributed by atoms with Gasteiger partial charge >= 0.3 is 6.18 Å². The Kier molecular flexibility index (Phi) is 4.34. The van der Waals surface area contributed by atoms with Crippen LogP contribution in [0.4, 0.5) is 13.2 Å². The monoisotopic (exact) mass is 372 g/mol. The molecule has 1 aliphatic rings.